The summed E-state index contributed by atoms with van der Waals surface area (Å²) >= 11 is 0. The number of hydrogen-bond acceptors (Lipinski definition) is 3. The maximum atomic E-state index is 11.4. The maximum Gasteiger partial charge on any atom is 0.152 e. The van der Waals surface area contributed by atoms with Crippen LogP contribution in [0.25, 0.3) is 0 Å². The van der Waals surface area contributed by atoms with Gasteiger partial charge < -0.3 is 5.73 Å². The Morgan fingerprint density at radius 3 is 2.53 bits per heavy atom. The van der Waals surface area contributed by atoms with Crippen molar-refractivity contribution in [3.05, 3.63) is 35.9 Å². The van der Waals surface area contributed by atoms with Crippen molar-refractivity contribution in [2.24, 2.45) is 5.73 Å². The first kappa shape index (κ1) is 12.6. The average Bonchev–Trinajstić information content (AvgIpc) is 2.55. The molecule has 0 aromatic heterocycles. The van der Waals surface area contributed by atoms with Gasteiger partial charge in [-0.1, -0.05) is 30.3 Å². The van der Waals surface area contributed by atoms with Crippen LogP contribution in [0.5, 0.6) is 0 Å². The van der Waals surface area contributed by atoms with Gasteiger partial charge in [0.25, 0.3) is 0 Å². The molecule has 0 saturated carbocycles. The molecule has 0 spiro atoms. The van der Waals surface area contributed by atoms with Crippen molar-refractivity contribution in [2.75, 3.05) is 11.5 Å². The molecule has 0 aliphatic carbocycles. The lowest BCUT2D eigenvalue weighted by Gasteiger charge is -2.21. The molecule has 4 heteroatoms. The van der Waals surface area contributed by atoms with Crippen molar-refractivity contribution in [1.29, 1.82) is 0 Å². The zero-order valence-corrected chi connectivity index (χ0v) is 10.7. The lowest BCUT2D eigenvalue weighted by molar-refractivity contribution is 0.428. The molecule has 1 heterocycles. The second-order valence-electron chi connectivity index (χ2n) is 5.04. The Morgan fingerprint density at radius 2 is 1.94 bits per heavy atom. The minimum Gasteiger partial charge on any atom is -0.324 e. The number of sulfone groups is 1. The highest BCUT2D eigenvalue weighted by Crippen LogP contribution is 2.26. The highest BCUT2D eigenvalue weighted by Gasteiger charge is 2.38. The summed E-state index contributed by atoms with van der Waals surface area (Å²) in [6, 6.07) is 10.2. The van der Waals surface area contributed by atoms with Gasteiger partial charge in [-0.15, -0.1) is 0 Å². The van der Waals surface area contributed by atoms with Crippen LogP contribution in [0.1, 0.15) is 24.8 Å². The number of aryl methyl sites for hydroxylation is 1. The summed E-state index contributed by atoms with van der Waals surface area (Å²) in [5.41, 5.74) is 6.93. The summed E-state index contributed by atoms with van der Waals surface area (Å²) in [5.74, 6) is 0.420. The van der Waals surface area contributed by atoms with Crippen LogP contribution in [-0.2, 0) is 16.3 Å². The third kappa shape index (κ3) is 3.54. The molecule has 2 rings (SSSR count). The highest BCUT2D eigenvalue weighted by molar-refractivity contribution is 7.91. The first-order valence-corrected chi connectivity index (χ1v) is 7.85. The van der Waals surface area contributed by atoms with Gasteiger partial charge in [-0.05, 0) is 31.2 Å². The Morgan fingerprint density at radius 1 is 1.24 bits per heavy atom. The lowest BCUT2D eigenvalue weighted by atomic mass is 9.92. The van der Waals surface area contributed by atoms with Gasteiger partial charge in [0.15, 0.2) is 9.84 Å². The van der Waals surface area contributed by atoms with Crippen LogP contribution < -0.4 is 5.73 Å². The van der Waals surface area contributed by atoms with Gasteiger partial charge in [-0.3, -0.25) is 0 Å². The van der Waals surface area contributed by atoms with Gasteiger partial charge in [-0.2, -0.15) is 0 Å². The molecule has 1 aliphatic heterocycles. The third-order valence-corrected chi connectivity index (χ3v) is 5.24. The predicted molar refractivity (Wildman–Crippen MR) is 69.6 cm³/mol. The number of benzene rings is 1. The summed E-state index contributed by atoms with van der Waals surface area (Å²) in [6.45, 7) is 0. The fourth-order valence-corrected chi connectivity index (χ4v) is 4.45. The summed E-state index contributed by atoms with van der Waals surface area (Å²) in [7, 11) is -2.87. The van der Waals surface area contributed by atoms with Crippen molar-refractivity contribution in [3.8, 4) is 0 Å². The molecule has 3 nitrogen and oxygen atoms in total. The van der Waals surface area contributed by atoms with Crippen molar-refractivity contribution in [2.45, 2.75) is 31.2 Å². The molecule has 1 unspecified atom stereocenters. The number of nitrogens with two attached hydrogens (primary N) is 1. The highest BCUT2D eigenvalue weighted by atomic mass is 32.2. The van der Waals surface area contributed by atoms with Crippen molar-refractivity contribution in [3.63, 3.8) is 0 Å². The zero-order chi connectivity index (χ0) is 12.4. The van der Waals surface area contributed by atoms with E-state index in [-0.39, 0.29) is 11.5 Å². The molecular formula is C13H19NO2S. The molecule has 17 heavy (non-hydrogen) atoms. The average molecular weight is 253 g/mol. The Kier molecular flexibility index (Phi) is 3.54. The van der Waals surface area contributed by atoms with E-state index in [1.165, 1.54) is 5.56 Å². The summed E-state index contributed by atoms with van der Waals surface area (Å²) in [4.78, 5) is 0. The van der Waals surface area contributed by atoms with E-state index in [2.05, 4.69) is 12.1 Å². The Hall–Kier alpha value is -0.870. The minimum absolute atomic E-state index is 0.161. The van der Waals surface area contributed by atoms with E-state index < -0.39 is 15.4 Å². The Bertz CT molecular complexity index is 469. The van der Waals surface area contributed by atoms with Gasteiger partial charge in [0, 0.05) is 5.54 Å². The first-order valence-electron chi connectivity index (χ1n) is 6.02. The normalized spacial score (nSPS) is 27.1. The standard InChI is InChI=1S/C13H19NO2S/c14-13(9-10-17(15,16)11-13)8-4-7-12-5-2-1-3-6-12/h1-3,5-6H,4,7-11,14H2. The van der Waals surface area contributed by atoms with Crippen molar-refractivity contribution >= 4 is 9.84 Å². The maximum absolute atomic E-state index is 11.4. The van der Waals surface area contributed by atoms with E-state index in [9.17, 15) is 8.42 Å². The largest absolute Gasteiger partial charge is 0.324 e. The second-order valence-corrected chi connectivity index (χ2v) is 7.23. The summed E-state index contributed by atoms with van der Waals surface area (Å²) < 4.78 is 22.8. The van der Waals surface area contributed by atoms with E-state index in [1.807, 2.05) is 18.2 Å². The molecule has 1 aromatic rings. The van der Waals surface area contributed by atoms with E-state index in [0.717, 1.165) is 19.3 Å². The molecule has 2 N–H and O–H groups in total. The topological polar surface area (TPSA) is 60.2 Å². The van der Waals surface area contributed by atoms with E-state index >= 15 is 0 Å². The van der Waals surface area contributed by atoms with E-state index in [4.69, 9.17) is 5.73 Å². The molecule has 0 radical (unpaired) electrons. The van der Waals surface area contributed by atoms with Gasteiger partial charge in [-0.25, -0.2) is 8.42 Å². The lowest BCUT2D eigenvalue weighted by Crippen LogP contribution is -2.40. The zero-order valence-electron chi connectivity index (χ0n) is 9.93. The van der Waals surface area contributed by atoms with Crippen LogP contribution >= 0.6 is 0 Å². The first-order chi connectivity index (χ1) is 7.99. The van der Waals surface area contributed by atoms with Crippen molar-refractivity contribution in [1.82, 2.24) is 0 Å². The molecule has 1 fully saturated rings. The molecule has 1 atom stereocenters. The minimum atomic E-state index is -2.87. The fourth-order valence-electron chi connectivity index (χ4n) is 2.43. The molecule has 0 bridgehead atoms. The molecular weight excluding hydrogens is 234 g/mol. The Labute approximate surface area is 103 Å². The van der Waals surface area contributed by atoms with Gasteiger partial charge in [0.05, 0.1) is 11.5 Å². The summed E-state index contributed by atoms with van der Waals surface area (Å²) in [6.07, 6.45) is 3.33. The van der Waals surface area contributed by atoms with Crippen LogP contribution in [0.4, 0.5) is 0 Å². The Balaban J connectivity index is 1.83. The van der Waals surface area contributed by atoms with Crippen LogP contribution in [0.3, 0.4) is 0 Å². The van der Waals surface area contributed by atoms with Gasteiger partial charge in [0.1, 0.15) is 0 Å². The molecule has 1 aliphatic rings. The second kappa shape index (κ2) is 4.78. The molecule has 94 valence electrons. The smallest absolute Gasteiger partial charge is 0.152 e. The fraction of sp³-hybridized carbons (Fsp3) is 0.538. The number of rotatable bonds is 4. The third-order valence-electron chi connectivity index (χ3n) is 3.40. The van der Waals surface area contributed by atoms with Gasteiger partial charge >= 0.3 is 0 Å². The predicted octanol–water partition coefficient (Wildman–Crippen LogP) is 1.53. The van der Waals surface area contributed by atoms with E-state index in [1.54, 1.807) is 0 Å². The van der Waals surface area contributed by atoms with Crippen LogP contribution in [0.2, 0.25) is 0 Å². The van der Waals surface area contributed by atoms with Crippen molar-refractivity contribution < 1.29 is 8.42 Å². The quantitative estimate of drug-likeness (QED) is 0.885. The van der Waals surface area contributed by atoms with E-state index in [0.29, 0.717) is 6.42 Å². The summed E-state index contributed by atoms with van der Waals surface area (Å²) in [5, 5.41) is 0. The van der Waals surface area contributed by atoms with Gasteiger partial charge in [0.2, 0.25) is 0 Å². The molecule has 0 amide bonds. The monoisotopic (exact) mass is 253 g/mol. The SMILES string of the molecule is NC1(CCCc2ccccc2)CCS(=O)(=O)C1. The molecule has 1 saturated heterocycles. The van der Waals surface area contributed by atoms with Crippen LogP contribution in [-0.4, -0.2) is 25.5 Å². The number of hydrogen-bond donors (Lipinski definition) is 1. The van der Waals surface area contributed by atoms with Crippen LogP contribution in [0.15, 0.2) is 30.3 Å². The van der Waals surface area contributed by atoms with Crippen LogP contribution in [0, 0.1) is 0 Å². The molecule has 1 aromatic carbocycles.